The fourth-order valence-corrected chi connectivity index (χ4v) is 1.83. The van der Waals surface area contributed by atoms with E-state index in [9.17, 15) is 14.7 Å². The van der Waals surface area contributed by atoms with Gasteiger partial charge < -0.3 is 14.9 Å². The maximum atomic E-state index is 11.1. The molecule has 0 aromatic heterocycles. The number of carbonyl (C=O) groups excluding carboxylic acids is 1. The van der Waals surface area contributed by atoms with Crippen LogP contribution in [0.5, 0.6) is 5.75 Å². The number of hydrogen-bond acceptors (Lipinski definition) is 4. The van der Waals surface area contributed by atoms with Gasteiger partial charge in [0.05, 0.1) is 10.6 Å². The lowest BCUT2D eigenvalue weighted by Gasteiger charge is -2.15. The molecule has 0 bridgehead atoms. The average molecular weight is 285 g/mol. The van der Waals surface area contributed by atoms with Crippen molar-refractivity contribution >= 4 is 23.5 Å². The summed E-state index contributed by atoms with van der Waals surface area (Å²) in [4.78, 5) is 22.1. The number of esters is 1. The number of phenols is 1. The second-order valence-corrected chi connectivity index (χ2v) is 4.26. The molecule has 19 heavy (non-hydrogen) atoms. The topological polar surface area (TPSA) is 83.8 Å². The van der Waals surface area contributed by atoms with Crippen molar-refractivity contribution in [2.24, 2.45) is 0 Å². The van der Waals surface area contributed by atoms with Gasteiger partial charge >= 0.3 is 11.9 Å². The molecule has 2 N–H and O–H groups in total. The zero-order chi connectivity index (χ0) is 14.6. The number of carboxylic acids is 1. The van der Waals surface area contributed by atoms with Crippen LogP contribution in [0.2, 0.25) is 5.02 Å². The van der Waals surface area contributed by atoms with Crippen LogP contribution in [0, 0.1) is 0 Å². The highest BCUT2D eigenvalue weighted by Crippen LogP contribution is 2.31. The number of carbonyl (C=O) groups is 2. The van der Waals surface area contributed by atoms with E-state index in [0.29, 0.717) is 0 Å². The van der Waals surface area contributed by atoms with Crippen molar-refractivity contribution < 1.29 is 24.5 Å². The number of ether oxygens (including phenoxy) is 1. The molecule has 1 atom stereocenters. The van der Waals surface area contributed by atoms with Crippen LogP contribution in [0.15, 0.2) is 24.8 Å². The number of aromatic hydroxyl groups is 1. The van der Waals surface area contributed by atoms with Crippen molar-refractivity contribution in [2.75, 3.05) is 0 Å². The van der Waals surface area contributed by atoms with Gasteiger partial charge in [-0.15, -0.1) is 0 Å². The predicted molar refractivity (Wildman–Crippen MR) is 69.5 cm³/mol. The van der Waals surface area contributed by atoms with Crippen LogP contribution in [0.1, 0.15) is 22.8 Å². The zero-order valence-electron chi connectivity index (χ0n) is 10.2. The third kappa shape index (κ3) is 3.72. The summed E-state index contributed by atoms with van der Waals surface area (Å²) >= 11 is 5.88. The number of hydrogen-bond donors (Lipinski definition) is 2. The first kappa shape index (κ1) is 15.0. The van der Waals surface area contributed by atoms with Crippen molar-refractivity contribution in [3.63, 3.8) is 0 Å². The Morgan fingerprint density at radius 2 is 2.16 bits per heavy atom. The highest BCUT2D eigenvalue weighted by Gasteiger charge is 2.19. The maximum Gasteiger partial charge on any atom is 0.336 e. The van der Waals surface area contributed by atoms with E-state index in [0.717, 1.165) is 6.08 Å². The average Bonchev–Trinajstić information content (AvgIpc) is 2.34. The van der Waals surface area contributed by atoms with Gasteiger partial charge in [-0.2, -0.15) is 0 Å². The van der Waals surface area contributed by atoms with Gasteiger partial charge in [0.2, 0.25) is 0 Å². The van der Waals surface area contributed by atoms with E-state index in [2.05, 4.69) is 6.58 Å². The summed E-state index contributed by atoms with van der Waals surface area (Å²) in [5, 5.41) is 18.5. The Kier molecular flexibility index (Phi) is 4.94. The summed E-state index contributed by atoms with van der Waals surface area (Å²) in [6, 6.07) is 2.45. The van der Waals surface area contributed by atoms with Crippen LogP contribution in [0.3, 0.4) is 0 Å². The molecule has 0 fully saturated rings. The lowest BCUT2D eigenvalue weighted by molar-refractivity contribution is -0.142. The molecule has 0 radical (unpaired) electrons. The van der Waals surface area contributed by atoms with Crippen LogP contribution in [0.4, 0.5) is 0 Å². The summed E-state index contributed by atoms with van der Waals surface area (Å²) in [5.74, 6) is -2.00. The SMILES string of the molecule is C=CC(=O)OC(C)Cc1c(C(=O)O)ccc(O)c1Cl. The molecule has 0 aliphatic carbocycles. The van der Waals surface area contributed by atoms with Crippen molar-refractivity contribution in [3.05, 3.63) is 40.9 Å². The fourth-order valence-electron chi connectivity index (χ4n) is 1.58. The molecule has 0 spiro atoms. The van der Waals surface area contributed by atoms with Gasteiger partial charge in [0.15, 0.2) is 0 Å². The minimum absolute atomic E-state index is 0.0377. The van der Waals surface area contributed by atoms with Gasteiger partial charge in [-0.1, -0.05) is 18.2 Å². The Morgan fingerprint density at radius 1 is 1.53 bits per heavy atom. The molecule has 102 valence electrons. The molecule has 0 saturated carbocycles. The van der Waals surface area contributed by atoms with E-state index in [-0.39, 0.29) is 28.3 Å². The number of carboxylic acid groups (broad SMARTS) is 1. The van der Waals surface area contributed by atoms with E-state index in [1.54, 1.807) is 6.92 Å². The van der Waals surface area contributed by atoms with Crippen LogP contribution < -0.4 is 0 Å². The Balaban J connectivity index is 3.05. The van der Waals surface area contributed by atoms with E-state index in [4.69, 9.17) is 21.4 Å². The van der Waals surface area contributed by atoms with Gasteiger partial charge in [-0.05, 0) is 24.6 Å². The molecule has 1 aromatic carbocycles. The van der Waals surface area contributed by atoms with E-state index < -0.39 is 18.0 Å². The molecule has 6 heteroatoms. The number of halogens is 1. The molecular formula is C13H13ClO5. The van der Waals surface area contributed by atoms with Gasteiger partial charge in [-0.25, -0.2) is 9.59 Å². The largest absolute Gasteiger partial charge is 0.506 e. The zero-order valence-corrected chi connectivity index (χ0v) is 11.0. The Morgan fingerprint density at radius 3 is 2.68 bits per heavy atom. The number of benzene rings is 1. The standard InChI is InChI=1S/C13H13ClO5/c1-3-11(16)19-7(2)6-9-8(13(17)18)4-5-10(15)12(9)14/h3-5,7,15H,1,6H2,2H3,(H,17,18). The first-order valence-corrected chi connectivity index (χ1v) is 5.81. The lowest BCUT2D eigenvalue weighted by atomic mass is 10.0. The van der Waals surface area contributed by atoms with Crippen LogP contribution >= 0.6 is 11.6 Å². The van der Waals surface area contributed by atoms with Crippen LogP contribution in [-0.2, 0) is 16.0 Å². The highest BCUT2D eigenvalue weighted by atomic mass is 35.5. The van der Waals surface area contributed by atoms with Gasteiger partial charge in [-0.3, -0.25) is 0 Å². The summed E-state index contributed by atoms with van der Waals surface area (Å²) in [6.45, 7) is 4.85. The highest BCUT2D eigenvalue weighted by molar-refractivity contribution is 6.33. The molecule has 0 amide bonds. The van der Waals surface area contributed by atoms with E-state index >= 15 is 0 Å². The minimum atomic E-state index is -1.17. The first-order chi connectivity index (χ1) is 8.86. The van der Waals surface area contributed by atoms with Crippen molar-refractivity contribution in [2.45, 2.75) is 19.4 Å². The van der Waals surface area contributed by atoms with Gasteiger partial charge in [0.25, 0.3) is 0 Å². The monoisotopic (exact) mass is 284 g/mol. The Labute approximate surface area is 115 Å². The summed E-state index contributed by atoms with van der Waals surface area (Å²) in [5.41, 5.74) is 0.183. The normalized spacial score (nSPS) is 11.7. The molecule has 0 aliphatic heterocycles. The fraction of sp³-hybridized carbons (Fsp3) is 0.231. The Hall–Kier alpha value is -2.01. The summed E-state index contributed by atoms with van der Waals surface area (Å²) in [7, 11) is 0. The van der Waals surface area contributed by atoms with Crippen molar-refractivity contribution in [1.29, 1.82) is 0 Å². The third-order valence-electron chi connectivity index (χ3n) is 2.43. The molecule has 5 nitrogen and oxygen atoms in total. The molecule has 1 rings (SSSR count). The third-order valence-corrected chi connectivity index (χ3v) is 2.85. The molecule has 1 unspecified atom stereocenters. The molecular weight excluding hydrogens is 272 g/mol. The second-order valence-electron chi connectivity index (χ2n) is 3.89. The molecule has 0 saturated heterocycles. The Bertz CT molecular complexity index is 524. The number of rotatable bonds is 5. The molecule has 0 heterocycles. The molecule has 1 aromatic rings. The van der Waals surface area contributed by atoms with E-state index in [1.165, 1.54) is 12.1 Å². The van der Waals surface area contributed by atoms with Crippen molar-refractivity contribution in [1.82, 2.24) is 0 Å². The maximum absolute atomic E-state index is 11.1. The minimum Gasteiger partial charge on any atom is -0.506 e. The number of phenolic OH excluding ortho intramolecular Hbond substituents is 1. The first-order valence-electron chi connectivity index (χ1n) is 5.43. The second kappa shape index (κ2) is 6.24. The summed E-state index contributed by atoms with van der Waals surface area (Å²) in [6.07, 6.45) is 0.496. The van der Waals surface area contributed by atoms with Crippen LogP contribution in [0.25, 0.3) is 0 Å². The van der Waals surface area contributed by atoms with Gasteiger partial charge in [0, 0.05) is 12.5 Å². The quantitative estimate of drug-likeness (QED) is 0.641. The smallest absolute Gasteiger partial charge is 0.336 e. The predicted octanol–water partition coefficient (Wildman–Crippen LogP) is 2.40. The van der Waals surface area contributed by atoms with Crippen molar-refractivity contribution in [3.8, 4) is 5.75 Å². The number of aromatic carboxylic acids is 1. The summed E-state index contributed by atoms with van der Waals surface area (Å²) < 4.78 is 4.94. The molecule has 0 aliphatic rings. The lowest BCUT2D eigenvalue weighted by Crippen LogP contribution is -2.17. The van der Waals surface area contributed by atoms with Gasteiger partial charge in [0.1, 0.15) is 11.9 Å². The van der Waals surface area contributed by atoms with Crippen LogP contribution in [-0.4, -0.2) is 28.3 Å². The van der Waals surface area contributed by atoms with E-state index in [1.807, 2.05) is 0 Å².